The third kappa shape index (κ3) is 3.32. The summed E-state index contributed by atoms with van der Waals surface area (Å²) in [6, 6.07) is 21.8. The van der Waals surface area contributed by atoms with Gasteiger partial charge < -0.3 is 4.74 Å². The highest BCUT2D eigenvalue weighted by Crippen LogP contribution is 2.23. The van der Waals surface area contributed by atoms with Crippen molar-refractivity contribution < 1.29 is 4.74 Å². The molecule has 0 saturated carbocycles. The summed E-state index contributed by atoms with van der Waals surface area (Å²) in [4.78, 5) is 4.09. The van der Waals surface area contributed by atoms with Crippen LogP contribution in [0.4, 0.5) is 0 Å². The normalized spacial score (nSPS) is 10.7. The van der Waals surface area contributed by atoms with Crippen molar-refractivity contribution in [3.05, 3.63) is 90.5 Å². The molecule has 0 amide bonds. The van der Waals surface area contributed by atoms with Crippen LogP contribution < -0.4 is 4.74 Å². The van der Waals surface area contributed by atoms with Crippen molar-refractivity contribution >= 4 is 0 Å². The number of aryl methyl sites for hydroxylation is 1. The molecule has 4 rings (SSSR count). The van der Waals surface area contributed by atoms with E-state index in [0.29, 0.717) is 6.61 Å². The van der Waals surface area contributed by atoms with Gasteiger partial charge in [-0.25, -0.2) is 0 Å². The zero-order valence-electron chi connectivity index (χ0n) is 14.4. The molecule has 2 heterocycles. The zero-order chi connectivity index (χ0) is 17.8. The number of pyridine rings is 1. The van der Waals surface area contributed by atoms with Crippen LogP contribution in [-0.4, -0.2) is 19.7 Å². The van der Waals surface area contributed by atoms with E-state index >= 15 is 0 Å². The molecular formula is C21H18N4O. The molecule has 0 spiro atoms. The Bertz CT molecular complexity index is 980. The Morgan fingerprint density at radius 2 is 1.58 bits per heavy atom. The highest BCUT2D eigenvalue weighted by molar-refractivity contribution is 5.58. The second kappa shape index (κ2) is 7.19. The van der Waals surface area contributed by atoms with Gasteiger partial charge in [0.2, 0.25) is 0 Å². The van der Waals surface area contributed by atoms with Crippen molar-refractivity contribution in [1.29, 1.82) is 0 Å². The zero-order valence-corrected chi connectivity index (χ0v) is 14.4. The van der Waals surface area contributed by atoms with Gasteiger partial charge in [0.05, 0.1) is 0 Å². The van der Waals surface area contributed by atoms with Gasteiger partial charge in [-0.2, -0.15) is 0 Å². The SMILES string of the molecule is Cc1ccc(-n2c(COc3ccccc3)nnc2-c2ccncc2)cc1. The number of hydrogen-bond acceptors (Lipinski definition) is 4. The molecule has 2 aromatic carbocycles. The molecule has 0 fully saturated rings. The maximum absolute atomic E-state index is 5.89. The summed E-state index contributed by atoms with van der Waals surface area (Å²) >= 11 is 0. The summed E-state index contributed by atoms with van der Waals surface area (Å²) in [5.74, 6) is 2.31. The van der Waals surface area contributed by atoms with Crippen molar-refractivity contribution in [2.75, 3.05) is 0 Å². The van der Waals surface area contributed by atoms with E-state index in [1.165, 1.54) is 5.56 Å². The molecule has 0 unspecified atom stereocenters. The number of benzene rings is 2. The van der Waals surface area contributed by atoms with Gasteiger partial charge >= 0.3 is 0 Å². The highest BCUT2D eigenvalue weighted by atomic mass is 16.5. The van der Waals surface area contributed by atoms with Crippen LogP contribution in [0.5, 0.6) is 5.75 Å². The van der Waals surface area contributed by atoms with Gasteiger partial charge in [0.15, 0.2) is 11.6 Å². The van der Waals surface area contributed by atoms with Crippen LogP contribution in [0.25, 0.3) is 17.1 Å². The Morgan fingerprint density at radius 3 is 2.31 bits per heavy atom. The molecule has 0 aliphatic rings. The van der Waals surface area contributed by atoms with Gasteiger partial charge in [-0.05, 0) is 43.3 Å². The molecule has 0 bridgehead atoms. The maximum atomic E-state index is 5.89. The molecule has 0 saturated heterocycles. The van der Waals surface area contributed by atoms with Crippen molar-refractivity contribution in [2.24, 2.45) is 0 Å². The summed E-state index contributed by atoms with van der Waals surface area (Å²) in [6.07, 6.45) is 3.51. The summed E-state index contributed by atoms with van der Waals surface area (Å²) in [5.41, 5.74) is 3.16. The molecule has 2 aromatic heterocycles. The van der Waals surface area contributed by atoms with Gasteiger partial charge in [0.25, 0.3) is 0 Å². The van der Waals surface area contributed by atoms with Crippen LogP contribution in [0, 0.1) is 6.92 Å². The Labute approximate surface area is 151 Å². The average Bonchev–Trinajstić information content (AvgIpc) is 3.12. The number of nitrogens with zero attached hydrogens (tertiary/aromatic N) is 4. The lowest BCUT2D eigenvalue weighted by Crippen LogP contribution is -2.07. The van der Waals surface area contributed by atoms with E-state index < -0.39 is 0 Å². The van der Waals surface area contributed by atoms with Crippen molar-refractivity contribution in [3.63, 3.8) is 0 Å². The lowest BCUT2D eigenvalue weighted by molar-refractivity contribution is 0.293. The van der Waals surface area contributed by atoms with E-state index in [1.54, 1.807) is 12.4 Å². The molecule has 0 aliphatic heterocycles. The topological polar surface area (TPSA) is 52.8 Å². The molecule has 5 heteroatoms. The van der Waals surface area contributed by atoms with Crippen LogP contribution in [0.15, 0.2) is 79.1 Å². The van der Waals surface area contributed by atoms with Crippen molar-refractivity contribution in [2.45, 2.75) is 13.5 Å². The van der Waals surface area contributed by atoms with Crippen LogP contribution in [0.3, 0.4) is 0 Å². The predicted molar refractivity (Wildman–Crippen MR) is 100 cm³/mol. The number of aromatic nitrogens is 4. The minimum absolute atomic E-state index is 0.329. The fourth-order valence-electron chi connectivity index (χ4n) is 2.73. The summed E-state index contributed by atoms with van der Waals surface area (Å²) in [5, 5.41) is 8.78. The first-order chi connectivity index (χ1) is 12.8. The van der Waals surface area contributed by atoms with E-state index in [9.17, 15) is 0 Å². The molecule has 26 heavy (non-hydrogen) atoms. The summed E-state index contributed by atoms with van der Waals surface area (Å²) in [6.45, 7) is 2.40. The quantitative estimate of drug-likeness (QED) is 0.545. The fraction of sp³-hybridized carbons (Fsp3) is 0.0952. The molecule has 0 aliphatic carbocycles. The Hall–Kier alpha value is -3.47. The minimum Gasteiger partial charge on any atom is -0.486 e. The molecule has 0 atom stereocenters. The molecule has 4 aromatic rings. The molecule has 0 N–H and O–H groups in total. The maximum Gasteiger partial charge on any atom is 0.175 e. The standard InChI is InChI=1S/C21H18N4O/c1-16-7-9-18(10-8-16)25-20(15-26-19-5-3-2-4-6-19)23-24-21(25)17-11-13-22-14-12-17/h2-14H,15H2,1H3. The number of para-hydroxylation sites is 1. The highest BCUT2D eigenvalue weighted by Gasteiger charge is 2.16. The first-order valence-electron chi connectivity index (χ1n) is 8.41. The number of rotatable bonds is 5. The van der Waals surface area contributed by atoms with Gasteiger partial charge in [0, 0.05) is 23.6 Å². The van der Waals surface area contributed by atoms with Crippen LogP contribution in [0.1, 0.15) is 11.4 Å². The van der Waals surface area contributed by atoms with Gasteiger partial charge in [-0.1, -0.05) is 35.9 Å². The second-order valence-corrected chi connectivity index (χ2v) is 5.95. The lowest BCUT2D eigenvalue weighted by atomic mass is 10.2. The second-order valence-electron chi connectivity index (χ2n) is 5.95. The monoisotopic (exact) mass is 342 g/mol. The third-order valence-electron chi connectivity index (χ3n) is 4.07. The third-order valence-corrected chi connectivity index (χ3v) is 4.07. The Balaban J connectivity index is 1.74. The first-order valence-corrected chi connectivity index (χ1v) is 8.41. The smallest absolute Gasteiger partial charge is 0.175 e. The van der Waals surface area contributed by atoms with Gasteiger partial charge in [-0.15, -0.1) is 10.2 Å². The number of hydrogen-bond donors (Lipinski definition) is 0. The summed E-state index contributed by atoms with van der Waals surface area (Å²) < 4.78 is 7.92. The number of ether oxygens (including phenoxy) is 1. The Morgan fingerprint density at radius 1 is 0.846 bits per heavy atom. The van der Waals surface area contributed by atoms with E-state index in [2.05, 4.69) is 46.4 Å². The average molecular weight is 342 g/mol. The van der Waals surface area contributed by atoms with Crippen molar-refractivity contribution in [1.82, 2.24) is 19.7 Å². The molecular weight excluding hydrogens is 324 g/mol. The van der Waals surface area contributed by atoms with Crippen LogP contribution >= 0.6 is 0 Å². The predicted octanol–water partition coefficient (Wildman–Crippen LogP) is 4.22. The van der Waals surface area contributed by atoms with E-state index in [1.807, 2.05) is 47.0 Å². The van der Waals surface area contributed by atoms with Crippen LogP contribution in [-0.2, 0) is 6.61 Å². The first kappa shape index (κ1) is 16.0. The van der Waals surface area contributed by atoms with E-state index in [-0.39, 0.29) is 0 Å². The van der Waals surface area contributed by atoms with Crippen molar-refractivity contribution in [3.8, 4) is 22.8 Å². The van der Waals surface area contributed by atoms with Gasteiger partial charge in [0.1, 0.15) is 12.4 Å². The van der Waals surface area contributed by atoms with Gasteiger partial charge in [-0.3, -0.25) is 9.55 Å². The van der Waals surface area contributed by atoms with E-state index in [4.69, 9.17) is 4.74 Å². The molecule has 5 nitrogen and oxygen atoms in total. The Kier molecular flexibility index (Phi) is 4.43. The summed E-state index contributed by atoms with van der Waals surface area (Å²) in [7, 11) is 0. The molecule has 0 radical (unpaired) electrons. The van der Waals surface area contributed by atoms with E-state index in [0.717, 1.165) is 28.6 Å². The minimum atomic E-state index is 0.329. The fourth-order valence-corrected chi connectivity index (χ4v) is 2.73. The largest absolute Gasteiger partial charge is 0.486 e. The van der Waals surface area contributed by atoms with Crippen LogP contribution in [0.2, 0.25) is 0 Å². The molecule has 128 valence electrons. The lowest BCUT2D eigenvalue weighted by Gasteiger charge is -2.12.